The molecule has 0 aliphatic carbocycles. The number of carboxylic acids is 2. The second-order valence-corrected chi connectivity index (χ2v) is 7.92. The number of hydrogen-bond donors (Lipinski definition) is 6. The first-order valence-electron chi connectivity index (χ1n) is 9.15. The van der Waals surface area contributed by atoms with E-state index < -0.39 is 46.8 Å². The molecular weight excluding hydrogens is 429 g/mol. The molecule has 0 saturated carbocycles. The molecule has 13 heteroatoms. The second-order valence-electron chi connectivity index (χ2n) is 7.92. The molecule has 0 spiro atoms. The Balaban J connectivity index is -0.000000490. The van der Waals surface area contributed by atoms with Crippen LogP contribution >= 0.6 is 0 Å². The molecule has 0 aromatic heterocycles. The van der Waals surface area contributed by atoms with Crippen molar-refractivity contribution < 1.29 is 49.8 Å². The molecule has 0 aromatic rings. The number of nitrogens with one attached hydrogen (secondary N) is 2. The fourth-order valence-corrected chi connectivity index (χ4v) is 1.65. The third-order valence-electron chi connectivity index (χ3n) is 4.05. The summed E-state index contributed by atoms with van der Waals surface area (Å²) in [4.78, 5) is 42.6. The van der Waals surface area contributed by atoms with Crippen molar-refractivity contribution >= 4 is 46.8 Å². The summed E-state index contributed by atoms with van der Waals surface area (Å²) in [5.74, 6) is -3.94. The molecule has 0 bridgehead atoms. The molecule has 0 unspecified atom stereocenters. The molecule has 2 amide bonds. The van der Waals surface area contributed by atoms with Gasteiger partial charge in [0.25, 0.3) is 0 Å². The number of carbonyl (C=O) groups excluding carboxylic acids is 4. The molecule has 0 aliphatic rings. The van der Waals surface area contributed by atoms with Crippen LogP contribution in [0.5, 0.6) is 0 Å². The summed E-state index contributed by atoms with van der Waals surface area (Å²) in [6, 6.07) is 0. The SMILES string of the molecule is CC(C)(CO)[C@H](O)C(=O)NCCC(=O)[O-].CC(C)(CO)[C@H](O)C(=O)NCCC(=O)[O-].[Mg+2]. The van der Waals surface area contributed by atoms with Crippen LogP contribution in [0.3, 0.4) is 0 Å². The largest absolute Gasteiger partial charge is 2.00 e. The number of carbonyl (C=O) groups is 4. The predicted octanol–water partition coefficient (Wildman–Crippen LogP) is -5.14. The van der Waals surface area contributed by atoms with E-state index in [1.165, 1.54) is 27.7 Å². The minimum Gasteiger partial charge on any atom is -0.550 e. The minimum absolute atomic E-state index is 0. The first kappa shape index (κ1) is 34.1. The Bertz CT molecular complexity index is 534. The van der Waals surface area contributed by atoms with E-state index in [4.69, 9.17) is 10.2 Å². The number of aliphatic hydroxyl groups is 4. The quantitative estimate of drug-likeness (QED) is 0.152. The Labute approximate surface area is 197 Å². The third kappa shape index (κ3) is 15.0. The average Bonchev–Trinajstić information content (AvgIpc) is 2.66. The molecule has 6 N–H and O–H groups in total. The maximum atomic E-state index is 11.2. The van der Waals surface area contributed by atoms with Crippen molar-refractivity contribution in [3.05, 3.63) is 0 Å². The van der Waals surface area contributed by atoms with E-state index in [0.29, 0.717) is 0 Å². The molecule has 0 heterocycles. The monoisotopic (exact) mass is 460 g/mol. The topological polar surface area (TPSA) is 219 Å². The molecule has 0 fully saturated rings. The van der Waals surface area contributed by atoms with Crippen LogP contribution in [0, 0.1) is 10.8 Å². The Hall–Kier alpha value is -1.51. The Morgan fingerprint density at radius 2 is 1.00 bits per heavy atom. The van der Waals surface area contributed by atoms with Crippen LogP contribution in [0.2, 0.25) is 0 Å². The Morgan fingerprint density at radius 1 is 0.742 bits per heavy atom. The summed E-state index contributed by atoms with van der Waals surface area (Å²) < 4.78 is 0. The van der Waals surface area contributed by atoms with Crippen molar-refractivity contribution in [1.82, 2.24) is 10.6 Å². The van der Waals surface area contributed by atoms with E-state index in [9.17, 15) is 39.6 Å². The average molecular weight is 461 g/mol. The van der Waals surface area contributed by atoms with Gasteiger partial charge in [-0.1, -0.05) is 27.7 Å². The van der Waals surface area contributed by atoms with Crippen LogP contribution in [-0.2, 0) is 19.2 Å². The number of aliphatic carboxylic acids is 2. The van der Waals surface area contributed by atoms with Crippen LogP contribution < -0.4 is 20.8 Å². The van der Waals surface area contributed by atoms with Crippen molar-refractivity contribution in [1.29, 1.82) is 0 Å². The zero-order valence-electron chi connectivity index (χ0n) is 18.3. The van der Waals surface area contributed by atoms with E-state index >= 15 is 0 Å². The molecular formula is C18H32MgN2O10. The van der Waals surface area contributed by atoms with Crippen molar-refractivity contribution in [3.8, 4) is 0 Å². The Kier molecular flexibility index (Phi) is 17.8. The fraction of sp³-hybridized carbons (Fsp3) is 0.778. The van der Waals surface area contributed by atoms with Gasteiger partial charge in [-0.3, -0.25) is 9.59 Å². The summed E-state index contributed by atoms with van der Waals surface area (Å²) in [5, 5.41) is 61.3. The zero-order chi connectivity index (χ0) is 24.1. The standard InChI is InChI=1S/2C9H17NO5.Mg/c2*1-9(2,5-11)7(14)8(15)10-4-3-6(12)13;/h2*7,11,14H,3-5H2,1-2H3,(H,10,15)(H,12,13);/q;;+2/p-2/t2*7-;/m11./s1. The van der Waals surface area contributed by atoms with Gasteiger partial charge < -0.3 is 50.9 Å². The van der Waals surface area contributed by atoms with Crippen molar-refractivity contribution in [2.45, 2.75) is 52.7 Å². The number of hydrogen-bond acceptors (Lipinski definition) is 10. The molecule has 176 valence electrons. The molecule has 0 aromatic carbocycles. The Morgan fingerprint density at radius 3 is 1.19 bits per heavy atom. The first-order chi connectivity index (χ1) is 13.6. The van der Waals surface area contributed by atoms with Crippen LogP contribution in [0.1, 0.15) is 40.5 Å². The second kappa shape index (κ2) is 16.2. The first-order valence-corrected chi connectivity index (χ1v) is 9.15. The zero-order valence-corrected chi connectivity index (χ0v) is 19.8. The number of aliphatic hydroxyl groups excluding tert-OH is 4. The van der Waals surface area contributed by atoms with Crippen LogP contribution in [-0.4, -0.2) is 106 Å². The summed E-state index contributed by atoms with van der Waals surface area (Å²) in [7, 11) is 0. The molecule has 0 rings (SSSR count). The van der Waals surface area contributed by atoms with Crippen molar-refractivity contribution in [2.24, 2.45) is 10.8 Å². The van der Waals surface area contributed by atoms with E-state index in [1.807, 2.05) is 0 Å². The van der Waals surface area contributed by atoms with Crippen molar-refractivity contribution in [3.63, 3.8) is 0 Å². The van der Waals surface area contributed by atoms with Gasteiger partial charge in [-0.15, -0.1) is 0 Å². The molecule has 0 saturated heterocycles. The van der Waals surface area contributed by atoms with Gasteiger partial charge in [0.15, 0.2) is 0 Å². The normalized spacial score (nSPS) is 12.9. The number of amides is 2. The summed E-state index contributed by atoms with van der Waals surface area (Å²) >= 11 is 0. The van der Waals surface area contributed by atoms with Gasteiger partial charge in [-0.05, 0) is 0 Å². The van der Waals surface area contributed by atoms with Crippen molar-refractivity contribution in [2.75, 3.05) is 26.3 Å². The van der Waals surface area contributed by atoms with Gasteiger partial charge in [0.1, 0.15) is 12.2 Å². The van der Waals surface area contributed by atoms with E-state index in [1.54, 1.807) is 0 Å². The van der Waals surface area contributed by atoms with E-state index in [-0.39, 0.29) is 62.2 Å². The van der Waals surface area contributed by atoms with E-state index in [0.717, 1.165) is 0 Å². The number of carboxylic acid groups (broad SMARTS) is 2. The van der Waals surface area contributed by atoms with Gasteiger partial charge >= 0.3 is 23.1 Å². The van der Waals surface area contributed by atoms with Gasteiger partial charge in [0.05, 0.1) is 13.2 Å². The van der Waals surface area contributed by atoms with Crippen LogP contribution in [0.25, 0.3) is 0 Å². The van der Waals surface area contributed by atoms with Gasteiger partial charge in [0, 0.05) is 48.7 Å². The van der Waals surface area contributed by atoms with Gasteiger partial charge in [-0.2, -0.15) is 0 Å². The predicted molar refractivity (Wildman–Crippen MR) is 105 cm³/mol. The smallest absolute Gasteiger partial charge is 0.550 e. The third-order valence-corrected chi connectivity index (χ3v) is 4.05. The molecule has 0 radical (unpaired) electrons. The maximum absolute atomic E-state index is 11.2. The molecule has 31 heavy (non-hydrogen) atoms. The summed E-state index contributed by atoms with van der Waals surface area (Å²) in [5.41, 5.74) is -1.91. The summed E-state index contributed by atoms with van der Waals surface area (Å²) in [6.07, 6.45) is -3.36. The number of rotatable bonds is 12. The van der Waals surface area contributed by atoms with Gasteiger partial charge in [0.2, 0.25) is 11.8 Å². The molecule has 0 aliphatic heterocycles. The molecule has 2 atom stereocenters. The fourth-order valence-electron chi connectivity index (χ4n) is 1.65. The maximum Gasteiger partial charge on any atom is 2.00 e. The van der Waals surface area contributed by atoms with Gasteiger partial charge in [-0.25, -0.2) is 0 Å². The minimum atomic E-state index is -1.37. The molecule has 12 nitrogen and oxygen atoms in total. The van der Waals surface area contributed by atoms with Crippen LogP contribution in [0.15, 0.2) is 0 Å². The summed E-state index contributed by atoms with van der Waals surface area (Å²) in [6.45, 7) is 5.21. The van der Waals surface area contributed by atoms with E-state index in [2.05, 4.69) is 10.6 Å². The van der Waals surface area contributed by atoms with Crippen LogP contribution in [0.4, 0.5) is 0 Å².